The van der Waals surface area contributed by atoms with Crippen molar-refractivity contribution in [2.24, 2.45) is 0 Å². The Balaban J connectivity index is 1.84. The van der Waals surface area contributed by atoms with E-state index in [1.54, 1.807) is 6.20 Å². The summed E-state index contributed by atoms with van der Waals surface area (Å²) in [6.45, 7) is 2.80. The predicted molar refractivity (Wildman–Crippen MR) is 98.5 cm³/mol. The third-order valence-corrected chi connectivity index (χ3v) is 4.20. The van der Waals surface area contributed by atoms with Crippen molar-refractivity contribution in [2.75, 3.05) is 6.61 Å². The van der Waals surface area contributed by atoms with Gasteiger partial charge in [-0.2, -0.15) is 0 Å². The Morgan fingerprint density at radius 2 is 1.61 bits per heavy atom. The van der Waals surface area contributed by atoms with E-state index >= 15 is 0 Å². The molecule has 0 aliphatic rings. The number of rotatable bonds is 15. The molecule has 4 heteroatoms. The minimum atomic E-state index is -0.618. The number of nitrogens with zero attached hydrogens (tertiary/aromatic N) is 1. The van der Waals surface area contributed by atoms with Crippen molar-refractivity contribution in [1.29, 1.82) is 0 Å². The van der Waals surface area contributed by atoms with E-state index in [1.165, 1.54) is 57.8 Å². The topological polar surface area (TPSA) is 42.4 Å². The van der Waals surface area contributed by atoms with Crippen LogP contribution in [-0.2, 0) is 11.1 Å². The summed E-state index contributed by atoms with van der Waals surface area (Å²) in [6.07, 6.45) is 16.4. The molecule has 130 valence electrons. The monoisotopic (exact) mass is 319 g/mol. The first-order chi connectivity index (χ1) is 11.3. The van der Waals surface area contributed by atoms with Crippen LogP contribution in [0.2, 0.25) is 6.32 Å². The highest BCUT2D eigenvalue weighted by molar-refractivity contribution is 6.42. The molecule has 3 nitrogen and oxygen atoms in total. The molecule has 1 rings (SSSR count). The lowest BCUT2D eigenvalue weighted by Gasteiger charge is -2.08. The highest BCUT2D eigenvalue weighted by Gasteiger charge is 2.11. The van der Waals surface area contributed by atoms with Crippen LogP contribution in [0.5, 0.6) is 0 Å². The zero-order valence-corrected chi connectivity index (χ0v) is 14.9. The van der Waals surface area contributed by atoms with Crippen LogP contribution in [-0.4, -0.2) is 23.7 Å². The van der Waals surface area contributed by atoms with Crippen LogP contribution in [0.1, 0.15) is 76.8 Å². The molecular formula is C19H34BNO2. The number of hydrogen-bond donors (Lipinski definition) is 1. The Labute approximate surface area is 143 Å². The van der Waals surface area contributed by atoms with Gasteiger partial charge in [-0.15, -0.1) is 0 Å². The molecule has 1 aromatic rings. The standard InChI is InChI=1S/C19H34BNO2/c1-2-3-4-5-6-7-8-9-10-12-16-20(22)23-18-15-19-14-11-13-17-21-19/h11,13-14,17,22H,2-10,12,15-16,18H2,1H3. The molecule has 0 bridgehead atoms. The molecule has 0 fully saturated rings. The van der Waals surface area contributed by atoms with Crippen molar-refractivity contribution in [3.05, 3.63) is 30.1 Å². The van der Waals surface area contributed by atoms with E-state index in [1.807, 2.05) is 18.2 Å². The third-order valence-electron chi connectivity index (χ3n) is 4.20. The second-order valence-corrected chi connectivity index (χ2v) is 6.37. The van der Waals surface area contributed by atoms with Crippen LogP contribution in [0.25, 0.3) is 0 Å². The van der Waals surface area contributed by atoms with Gasteiger partial charge in [-0.25, -0.2) is 0 Å². The van der Waals surface area contributed by atoms with Crippen molar-refractivity contribution >= 4 is 7.12 Å². The van der Waals surface area contributed by atoms with Gasteiger partial charge in [0.2, 0.25) is 0 Å². The molecule has 1 heterocycles. The van der Waals surface area contributed by atoms with Gasteiger partial charge in [-0.05, 0) is 18.5 Å². The highest BCUT2D eigenvalue weighted by Crippen LogP contribution is 2.12. The van der Waals surface area contributed by atoms with Crippen LogP contribution >= 0.6 is 0 Å². The molecule has 1 N–H and O–H groups in total. The minimum absolute atomic E-state index is 0.538. The average Bonchev–Trinajstić information content (AvgIpc) is 2.57. The summed E-state index contributed by atoms with van der Waals surface area (Å²) < 4.78 is 5.44. The highest BCUT2D eigenvalue weighted by atomic mass is 16.5. The van der Waals surface area contributed by atoms with Gasteiger partial charge in [0.15, 0.2) is 0 Å². The Kier molecular flexibility index (Phi) is 12.9. The Bertz CT molecular complexity index is 362. The number of hydrogen-bond acceptors (Lipinski definition) is 3. The van der Waals surface area contributed by atoms with Crippen LogP contribution in [0.4, 0.5) is 0 Å². The van der Waals surface area contributed by atoms with Gasteiger partial charge in [0.25, 0.3) is 0 Å². The van der Waals surface area contributed by atoms with Crippen molar-refractivity contribution in [2.45, 2.75) is 83.9 Å². The number of aromatic nitrogens is 1. The van der Waals surface area contributed by atoms with Crippen molar-refractivity contribution in [1.82, 2.24) is 4.98 Å². The largest absolute Gasteiger partial charge is 0.454 e. The lowest BCUT2D eigenvalue weighted by molar-refractivity contribution is 0.259. The molecule has 0 atom stereocenters. The van der Waals surface area contributed by atoms with E-state index in [0.29, 0.717) is 6.61 Å². The lowest BCUT2D eigenvalue weighted by Crippen LogP contribution is -2.19. The van der Waals surface area contributed by atoms with Gasteiger partial charge in [-0.3, -0.25) is 4.98 Å². The van der Waals surface area contributed by atoms with E-state index in [2.05, 4.69) is 11.9 Å². The van der Waals surface area contributed by atoms with Gasteiger partial charge in [0.05, 0.1) is 0 Å². The first-order valence-electron chi connectivity index (χ1n) is 9.52. The summed E-state index contributed by atoms with van der Waals surface area (Å²) >= 11 is 0. The van der Waals surface area contributed by atoms with E-state index in [9.17, 15) is 5.02 Å². The predicted octanol–water partition coefficient (Wildman–Crippen LogP) is 5.04. The maximum atomic E-state index is 9.81. The Morgan fingerprint density at radius 3 is 2.22 bits per heavy atom. The number of pyridine rings is 1. The van der Waals surface area contributed by atoms with Gasteiger partial charge in [0.1, 0.15) is 0 Å². The summed E-state index contributed by atoms with van der Waals surface area (Å²) in [5.41, 5.74) is 1.01. The molecular weight excluding hydrogens is 285 g/mol. The van der Waals surface area contributed by atoms with Gasteiger partial charge in [-0.1, -0.05) is 77.2 Å². The maximum absolute atomic E-state index is 9.81. The molecule has 0 amide bonds. The zero-order valence-electron chi connectivity index (χ0n) is 14.9. The molecule has 23 heavy (non-hydrogen) atoms. The van der Waals surface area contributed by atoms with Crippen molar-refractivity contribution in [3.8, 4) is 0 Å². The molecule has 0 radical (unpaired) electrons. The SMILES string of the molecule is CCCCCCCCCCCCB(O)OCCc1ccccn1. The van der Waals surface area contributed by atoms with E-state index < -0.39 is 7.12 Å². The summed E-state index contributed by atoms with van der Waals surface area (Å²) in [5, 5.41) is 9.81. The van der Waals surface area contributed by atoms with Crippen molar-refractivity contribution in [3.63, 3.8) is 0 Å². The van der Waals surface area contributed by atoms with E-state index in [4.69, 9.17) is 4.65 Å². The second kappa shape index (κ2) is 14.7. The molecule has 0 saturated heterocycles. The normalized spacial score (nSPS) is 10.9. The first kappa shape index (κ1) is 20.2. The smallest absolute Gasteiger partial charge is 0.427 e. The summed E-state index contributed by atoms with van der Waals surface area (Å²) in [5.74, 6) is 0. The quantitative estimate of drug-likeness (QED) is 0.364. The second-order valence-electron chi connectivity index (χ2n) is 6.37. The zero-order chi connectivity index (χ0) is 16.6. The molecule has 0 aliphatic carbocycles. The maximum Gasteiger partial charge on any atom is 0.454 e. The average molecular weight is 319 g/mol. The Hall–Kier alpha value is -0.865. The Morgan fingerprint density at radius 1 is 0.957 bits per heavy atom. The molecule has 0 spiro atoms. The van der Waals surface area contributed by atoms with Crippen LogP contribution in [0, 0.1) is 0 Å². The molecule has 1 aromatic heterocycles. The summed E-state index contributed by atoms with van der Waals surface area (Å²) in [7, 11) is -0.618. The van der Waals surface area contributed by atoms with Crippen LogP contribution in [0.3, 0.4) is 0 Å². The van der Waals surface area contributed by atoms with Crippen molar-refractivity contribution < 1.29 is 9.68 Å². The summed E-state index contributed by atoms with van der Waals surface area (Å²) in [6, 6.07) is 5.87. The lowest BCUT2D eigenvalue weighted by atomic mass is 9.82. The van der Waals surface area contributed by atoms with Crippen LogP contribution in [0.15, 0.2) is 24.4 Å². The van der Waals surface area contributed by atoms with E-state index in [-0.39, 0.29) is 0 Å². The first-order valence-corrected chi connectivity index (χ1v) is 9.52. The van der Waals surface area contributed by atoms with Crippen LogP contribution < -0.4 is 0 Å². The fourth-order valence-corrected chi connectivity index (χ4v) is 2.74. The van der Waals surface area contributed by atoms with Gasteiger partial charge >= 0.3 is 7.12 Å². The fraction of sp³-hybridized carbons (Fsp3) is 0.737. The minimum Gasteiger partial charge on any atom is -0.427 e. The fourth-order valence-electron chi connectivity index (χ4n) is 2.74. The third kappa shape index (κ3) is 12.2. The molecule has 0 saturated carbocycles. The molecule has 0 aliphatic heterocycles. The van der Waals surface area contributed by atoms with Gasteiger partial charge in [0, 0.05) is 24.9 Å². The van der Waals surface area contributed by atoms with Gasteiger partial charge < -0.3 is 9.68 Å². The summed E-state index contributed by atoms with van der Waals surface area (Å²) in [4.78, 5) is 4.24. The van der Waals surface area contributed by atoms with E-state index in [0.717, 1.165) is 24.9 Å². The number of unbranched alkanes of at least 4 members (excludes halogenated alkanes) is 9. The molecule has 0 unspecified atom stereocenters. The molecule has 0 aromatic carbocycles.